The molecular weight excluding hydrogens is 440 g/mol. The molecule has 2 aromatic carbocycles. The highest BCUT2D eigenvalue weighted by atomic mass is 16.2. The number of rotatable bonds is 4. The lowest BCUT2D eigenvalue weighted by molar-refractivity contribution is 0.0704. The lowest BCUT2D eigenvalue weighted by Crippen LogP contribution is -2.39. The van der Waals surface area contributed by atoms with Crippen LogP contribution in [-0.4, -0.2) is 48.9 Å². The number of piperidine rings is 1. The van der Waals surface area contributed by atoms with Crippen molar-refractivity contribution in [3.05, 3.63) is 87.5 Å². The minimum Gasteiger partial charge on any atom is -0.338 e. The molecule has 1 N–H and O–H groups in total. The Morgan fingerprint density at radius 2 is 1.83 bits per heavy atom. The summed E-state index contributed by atoms with van der Waals surface area (Å²) in [7, 11) is 0. The SMILES string of the molecule is CC(C)(C)c1ccc(Cn2nnc3c(=O)[nH]c([C@@H]4CCCN(C(=O)c5ccccc5)C4)nc32)cc1. The van der Waals surface area contributed by atoms with Gasteiger partial charge in [0.1, 0.15) is 5.82 Å². The first-order chi connectivity index (χ1) is 16.8. The van der Waals surface area contributed by atoms with E-state index >= 15 is 0 Å². The summed E-state index contributed by atoms with van der Waals surface area (Å²) in [6, 6.07) is 17.7. The number of hydrogen-bond donors (Lipinski definition) is 1. The Balaban J connectivity index is 1.40. The Morgan fingerprint density at radius 3 is 2.54 bits per heavy atom. The summed E-state index contributed by atoms with van der Waals surface area (Å²) < 4.78 is 1.68. The molecule has 1 fully saturated rings. The van der Waals surface area contributed by atoms with Gasteiger partial charge in [-0.15, -0.1) is 5.10 Å². The highest BCUT2D eigenvalue weighted by molar-refractivity contribution is 5.94. The molecule has 180 valence electrons. The first-order valence-electron chi connectivity index (χ1n) is 12.1. The standard InChI is InChI=1S/C27H30N6O2/c1-27(2,3)21-13-11-18(12-14-21)16-33-24-22(30-31-33)25(34)29-23(28-24)20-10-7-15-32(17-20)26(35)19-8-5-4-6-9-19/h4-6,8-9,11-14,20H,7,10,15-17H2,1-3H3,(H,28,29,34)/t20-/m1/s1. The lowest BCUT2D eigenvalue weighted by Gasteiger charge is -2.32. The van der Waals surface area contributed by atoms with E-state index in [0.717, 1.165) is 18.4 Å². The summed E-state index contributed by atoms with van der Waals surface area (Å²) in [5.74, 6) is 0.534. The van der Waals surface area contributed by atoms with Gasteiger partial charge in [0.05, 0.1) is 6.54 Å². The Hall–Kier alpha value is -3.81. The number of aromatic nitrogens is 5. The second-order valence-electron chi connectivity index (χ2n) is 10.3. The van der Waals surface area contributed by atoms with Crippen molar-refractivity contribution < 1.29 is 4.79 Å². The smallest absolute Gasteiger partial charge is 0.281 e. The Bertz CT molecular complexity index is 1400. The van der Waals surface area contributed by atoms with Crippen LogP contribution in [0.2, 0.25) is 0 Å². The summed E-state index contributed by atoms with van der Waals surface area (Å²) in [6.45, 7) is 8.23. The van der Waals surface area contributed by atoms with Crippen LogP contribution in [0.5, 0.6) is 0 Å². The maximum atomic E-state index is 13.0. The van der Waals surface area contributed by atoms with E-state index in [4.69, 9.17) is 4.98 Å². The van der Waals surface area contributed by atoms with E-state index in [0.29, 0.717) is 36.7 Å². The third-order valence-electron chi connectivity index (χ3n) is 6.66. The number of nitrogens with one attached hydrogen (secondary N) is 1. The monoisotopic (exact) mass is 470 g/mol. The molecular formula is C27H30N6O2. The molecule has 5 rings (SSSR count). The van der Waals surface area contributed by atoms with Gasteiger partial charge in [0, 0.05) is 24.6 Å². The van der Waals surface area contributed by atoms with Crippen LogP contribution in [0.15, 0.2) is 59.4 Å². The number of likely N-dealkylation sites (tertiary alicyclic amines) is 1. The molecule has 4 aromatic rings. The van der Waals surface area contributed by atoms with Crippen molar-refractivity contribution in [2.75, 3.05) is 13.1 Å². The number of H-pyrrole nitrogens is 1. The molecule has 35 heavy (non-hydrogen) atoms. The summed E-state index contributed by atoms with van der Waals surface area (Å²) >= 11 is 0. The largest absolute Gasteiger partial charge is 0.338 e. The number of aromatic amines is 1. The molecule has 1 saturated heterocycles. The quantitative estimate of drug-likeness (QED) is 0.488. The molecule has 0 bridgehead atoms. The summed E-state index contributed by atoms with van der Waals surface area (Å²) in [5.41, 5.74) is 3.47. The van der Waals surface area contributed by atoms with E-state index in [9.17, 15) is 9.59 Å². The molecule has 0 aliphatic carbocycles. The number of amides is 1. The van der Waals surface area contributed by atoms with Gasteiger partial charge in [-0.1, -0.05) is 68.4 Å². The van der Waals surface area contributed by atoms with Crippen molar-refractivity contribution in [3.8, 4) is 0 Å². The zero-order chi connectivity index (χ0) is 24.6. The van der Waals surface area contributed by atoms with Crippen LogP contribution in [0.4, 0.5) is 0 Å². The fourth-order valence-corrected chi connectivity index (χ4v) is 4.61. The normalized spacial score (nSPS) is 16.5. The van der Waals surface area contributed by atoms with Crippen molar-refractivity contribution >= 4 is 17.1 Å². The number of hydrogen-bond acceptors (Lipinski definition) is 5. The van der Waals surface area contributed by atoms with Crippen molar-refractivity contribution in [1.29, 1.82) is 0 Å². The van der Waals surface area contributed by atoms with Gasteiger partial charge in [0.25, 0.3) is 11.5 Å². The maximum Gasteiger partial charge on any atom is 0.281 e. The summed E-state index contributed by atoms with van der Waals surface area (Å²) in [4.78, 5) is 35.3. The van der Waals surface area contributed by atoms with Crippen molar-refractivity contribution in [2.45, 2.75) is 51.5 Å². The van der Waals surface area contributed by atoms with Crippen LogP contribution >= 0.6 is 0 Å². The topological polar surface area (TPSA) is 96.8 Å². The molecule has 1 aliphatic heterocycles. The van der Waals surface area contributed by atoms with E-state index in [1.165, 1.54) is 5.56 Å². The van der Waals surface area contributed by atoms with Gasteiger partial charge < -0.3 is 9.88 Å². The minimum absolute atomic E-state index is 0.00383. The van der Waals surface area contributed by atoms with E-state index in [1.54, 1.807) is 4.68 Å². The molecule has 8 nitrogen and oxygen atoms in total. The van der Waals surface area contributed by atoms with Crippen molar-refractivity contribution in [1.82, 2.24) is 29.9 Å². The van der Waals surface area contributed by atoms with E-state index in [1.807, 2.05) is 35.2 Å². The van der Waals surface area contributed by atoms with E-state index in [2.05, 4.69) is 60.3 Å². The molecule has 1 atom stereocenters. The molecule has 0 radical (unpaired) electrons. The summed E-state index contributed by atoms with van der Waals surface area (Å²) in [6.07, 6.45) is 1.70. The highest BCUT2D eigenvalue weighted by Crippen LogP contribution is 2.26. The molecule has 2 aromatic heterocycles. The van der Waals surface area contributed by atoms with Gasteiger partial charge in [-0.3, -0.25) is 9.59 Å². The number of carbonyl (C=O) groups is 1. The van der Waals surface area contributed by atoms with Gasteiger partial charge >= 0.3 is 0 Å². The lowest BCUT2D eigenvalue weighted by atomic mass is 9.87. The molecule has 0 spiro atoms. The summed E-state index contributed by atoms with van der Waals surface area (Å²) in [5, 5.41) is 8.29. The average molecular weight is 471 g/mol. The molecule has 0 saturated carbocycles. The zero-order valence-corrected chi connectivity index (χ0v) is 20.4. The van der Waals surface area contributed by atoms with Crippen LogP contribution in [0.25, 0.3) is 11.2 Å². The fourth-order valence-electron chi connectivity index (χ4n) is 4.61. The fraction of sp³-hybridized carbons (Fsp3) is 0.370. The third kappa shape index (κ3) is 4.73. The zero-order valence-electron chi connectivity index (χ0n) is 20.4. The van der Waals surface area contributed by atoms with E-state index < -0.39 is 0 Å². The minimum atomic E-state index is -0.300. The highest BCUT2D eigenvalue weighted by Gasteiger charge is 2.28. The predicted octanol–water partition coefficient (Wildman–Crippen LogP) is 3.88. The van der Waals surface area contributed by atoms with Crippen LogP contribution in [0.3, 0.4) is 0 Å². The number of fused-ring (bicyclic) bond motifs is 1. The van der Waals surface area contributed by atoms with Gasteiger partial charge in [-0.2, -0.15) is 0 Å². The first-order valence-corrected chi connectivity index (χ1v) is 12.1. The second kappa shape index (κ2) is 9.09. The van der Waals surface area contributed by atoms with Crippen LogP contribution in [-0.2, 0) is 12.0 Å². The first kappa shape index (κ1) is 23.0. The Kier molecular flexibility index (Phi) is 5.96. The molecule has 0 unspecified atom stereocenters. The van der Waals surface area contributed by atoms with E-state index in [-0.39, 0.29) is 28.3 Å². The molecule has 3 heterocycles. The van der Waals surface area contributed by atoms with Gasteiger partial charge in [-0.05, 0) is 41.5 Å². The predicted molar refractivity (Wildman–Crippen MR) is 135 cm³/mol. The van der Waals surface area contributed by atoms with Crippen LogP contribution in [0.1, 0.15) is 66.8 Å². The van der Waals surface area contributed by atoms with Gasteiger partial charge in [-0.25, -0.2) is 9.67 Å². The van der Waals surface area contributed by atoms with Gasteiger partial charge in [0.2, 0.25) is 0 Å². The number of benzene rings is 2. The molecule has 1 amide bonds. The number of nitrogens with zero attached hydrogens (tertiary/aromatic N) is 5. The molecule has 1 aliphatic rings. The van der Waals surface area contributed by atoms with Crippen molar-refractivity contribution in [2.24, 2.45) is 0 Å². The van der Waals surface area contributed by atoms with Gasteiger partial charge in [0.15, 0.2) is 11.2 Å². The Labute approximate surface area is 204 Å². The van der Waals surface area contributed by atoms with Crippen LogP contribution in [0, 0.1) is 0 Å². The Morgan fingerprint density at radius 1 is 1.09 bits per heavy atom. The average Bonchev–Trinajstić information content (AvgIpc) is 3.27. The second-order valence-corrected chi connectivity index (χ2v) is 10.3. The van der Waals surface area contributed by atoms with Crippen LogP contribution < -0.4 is 5.56 Å². The third-order valence-corrected chi connectivity index (χ3v) is 6.66. The van der Waals surface area contributed by atoms with Crippen molar-refractivity contribution in [3.63, 3.8) is 0 Å². The molecule has 8 heteroatoms. The maximum absolute atomic E-state index is 13.0. The number of carbonyl (C=O) groups excluding carboxylic acids is 1.